The highest BCUT2D eigenvalue weighted by Gasteiger charge is 2.26. The highest BCUT2D eigenvalue weighted by atomic mass is 16.5. The molecule has 1 aliphatic carbocycles. The zero-order valence-electron chi connectivity index (χ0n) is 12.1. The van der Waals surface area contributed by atoms with Crippen molar-refractivity contribution in [2.45, 2.75) is 59.5 Å². The average Bonchev–Trinajstić information content (AvgIpc) is 2.27. The summed E-state index contributed by atoms with van der Waals surface area (Å²) in [6, 6.07) is 0. The summed E-state index contributed by atoms with van der Waals surface area (Å²) in [6.45, 7) is 11.5. The lowest BCUT2D eigenvalue weighted by atomic mass is 9.87. The molecule has 2 atom stereocenters. The van der Waals surface area contributed by atoms with Crippen molar-refractivity contribution in [2.75, 3.05) is 19.8 Å². The second kappa shape index (κ2) is 8.10. The third kappa shape index (κ3) is 6.42. The molecule has 0 aromatic carbocycles. The standard InChI is InChI=1S/C15H30O2/c1-12(2)9-16-11-14-7-5-6-8-15(14)17-10-13(3)4/h12-15H,5-11H2,1-4H3. The minimum Gasteiger partial charge on any atom is -0.381 e. The SMILES string of the molecule is CC(C)COCC1CCCCC1OCC(C)C. The Morgan fingerprint density at radius 1 is 0.941 bits per heavy atom. The zero-order valence-corrected chi connectivity index (χ0v) is 12.1. The summed E-state index contributed by atoms with van der Waals surface area (Å²) >= 11 is 0. The first-order valence-electron chi connectivity index (χ1n) is 7.29. The molecule has 1 fully saturated rings. The molecule has 1 saturated carbocycles. The summed E-state index contributed by atoms with van der Waals surface area (Å²) in [4.78, 5) is 0. The van der Waals surface area contributed by atoms with Crippen LogP contribution in [0.2, 0.25) is 0 Å². The first-order valence-corrected chi connectivity index (χ1v) is 7.29. The lowest BCUT2D eigenvalue weighted by molar-refractivity contribution is -0.0535. The summed E-state index contributed by atoms with van der Waals surface area (Å²) in [5, 5.41) is 0. The number of ether oxygens (including phenoxy) is 2. The van der Waals surface area contributed by atoms with Crippen LogP contribution in [0.5, 0.6) is 0 Å². The summed E-state index contributed by atoms with van der Waals surface area (Å²) in [5.74, 6) is 1.89. The first-order chi connectivity index (χ1) is 8.09. The second-order valence-electron chi connectivity index (χ2n) is 6.24. The van der Waals surface area contributed by atoms with E-state index in [0.29, 0.717) is 23.9 Å². The van der Waals surface area contributed by atoms with Crippen molar-refractivity contribution in [3.05, 3.63) is 0 Å². The normalized spacial score (nSPS) is 25.8. The lowest BCUT2D eigenvalue weighted by Gasteiger charge is -2.32. The van der Waals surface area contributed by atoms with Gasteiger partial charge in [-0.3, -0.25) is 0 Å². The van der Waals surface area contributed by atoms with Crippen molar-refractivity contribution in [1.82, 2.24) is 0 Å². The van der Waals surface area contributed by atoms with Crippen molar-refractivity contribution in [1.29, 1.82) is 0 Å². The van der Waals surface area contributed by atoms with Crippen molar-refractivity contribution in [3.8, 4) is 0 Å². The van der Waals surface area contributed by atoms with Crippen LogP contribution in [0, 0.1) is 17.8 Å². The molecule has 0 aromatic rings. The van der Waals surface area contributed by atoms with Crippen LogP contribution in [0.1, 0.15) is 53.4 Å². The second-order valence-corrected chi connectivity index (χ2v) is 6.24. The fourth-order valence-corrected chi connectivity index (χ4v) is 2.35. The van der Waals surface area contributed by atoms with Crippen LogP contribution in [-0.2, 0) is 9.47 Å². The Bertz CT molecular complexity index is 189. The van der Waals surface area contributed by atoms with E-state index >= 15 is 0 Å². The molecule has 1 rings (SSSR count). The zero-order chi connectivity index (χ0) is 12.7. The van der Waals surface area contributed by atoms with E-state index in [1.807, 2.05) is 0 Å². The van der Waals surface area contributed by atoms with E-state index in [-0.39, 0.29) is 0 Å². The summed E-state index contributed by atoms with van der Waals surface area (Å²) in [6.07, 6.45) is 5.61. The van der Waals surface area contributed by atoms with Gasteiger partial charge in [0.15, 0.2) is 0 Å². The van der Waals surface area contributed by atoms with Crippen LogP contribution in [0.3, 0.4) is 0 Å². The molecule has 0 heterocycles. The van der Waals surface area contributed by atoms with Gasteiger partial charge >= 0.3 is 0 Å². The maximum atomic E-state index is 6.03. The number of rotatable bonds is 7. The molecule has 2 nitrogen and oxygen atoms in total. The highest BCUT2D eigenvalue weighted by Crippen LogP contribution is 2.27. The molecule has 0 amide bonds. The van der Waals surface area contributed by atoms with Gasteiger partial charge in [-0.15, -0.1) is 0 Å². The van der Waals surface area contributed by atoms with Crippen molar-refractivity contribution in [2.24, 2.45) is 17.8 Å². The Balaban J connectivity index is 2.26. The van der Waals surface area contributed by atoms with E-state index in [4.69, 9.17) is 9.47 Å². The molecule has 0 aromatic heterocycles. The van der Waals surface area contributed by atoms with Crippen LogP contribution in [0.25, 0.3) is 0 Å². The quantitative estimate of drug-likeness (QED) is 0.674. The Labute approximate surface area is 107 Å². The number of hydrogen-bond donors (Lipinski definition) is 0. The van der Waals surface area contributed by atoms with E-state index in [0.717, 1.165) is 19.8 Å². The Hall–Kier alpha value is -0.0800. The van der Waals surface area contributed by atoms with E-state index in [9.17, 15) is 0 Å². The molecule has 0 bridgehead atoms. The molecule has 0 N–H and O–H groups in total. The van der Waals surface area contributed by atoms with Gasteiger partial charge in [-0.25, -0.2) is 0 Å². The van der Waals surface area contributed by atoms with Crippen molar-refractivity contribution >= 4 is 0 Å². The van der Waals surface area contributed by atoms with Crippen molar-refractivity contribution < 1.29 is 9.47 Å². The topological polar surface area (TPSA) is 18.5 Å². The van der Waals surface area contributed by atoms with Gasteiger partial charge < -0.3 is 9.47 Å². The third-order valence-electron chi connectivity index (χ3n) is 3.27. The predicted octanol–water partition coefficient (Wildman–Crippen LogP) is 3.89. The molecule has 0 radical (unpaired) electrons. The highest BCUT2D eigenvalue weighted by molar-refractivity contribution is 4.76. The van der Waals surface area contributed by atoms with Gasteiger partial charge in [-0.2, -0.15) is 0 Å². The van der Waals surface area contributed by atoms with Crippen LogP contribution in [-0.4, -0.2) is 25.9 Å². The Kier molecular flexibility index (Phi) is 7.14. The van der Waals surface area contributed by atoms with E-state index < -0.39 is 0 Å². The number of hydrogen-bond acceptors (Lipinski definition) is 2. The van der Waals surface area contributed by atoms with Gasteiger partial charge in [0.05, 0.1) is 12.7 Å². The summed E-state index contributed by atoms with van der Waals surface area (Å²) in [7, 11) is 0. The van der Waals surface area contributed by atoms with Gasteiger partial charge in [0.25, 0.3) is 0 Å². The molecule has 1 aliphatic rings. The third-order valence-corrected chi connectivity index (χ3v) is 3.27. The molecular formula is C15H30O2. The van der Waals surface area contributed by atoms with E-state index in [1.165, 1.54) is 25.7 Å². The summed E-state index contributed by atoms with van der Waals surface area (Å²) in [5.41, 5.74) is 0. The fraction of sp³-hybridized carbons (Fsp3) is 1.00. The van der Waals surface area contributed by atoms with Crippen LogP contribution < -0.4 is 0 Å². The minimum atomic E-state index is 0.443. The van der Waals surface area contributed by atoms with Gasteiger partial charge in [-0.1, -0.05) is 40.5 Å². The fourth-order valence-electron chi connectivity index (χ4n) is 2.35. The Morgan fingerprint density at radius 2 is 1.59 bits per heavy atom. The molecule has 2 heteroatoms. The molecule has 0 aliphatic heterocycles. The summed E-state index contributed by atoms with van der Waals surface area (Å²) < 4.78 is 11.8. The molecule has 102 valence electrons. The van der Waals surface area contributed by atoms with Crippen LogP contribution in [0.4, 0.5) is 0 Å². The molecule has 0 spiro atoms. The molecule has 2 unspecified atom stereocenters. The lowest BCUT2D eigenvalue weighted by Crippen LogP contribution is -2.32. The molecule has 0 saturated heterocycles. The van der Waals surface area contributed by atoms with E-state index in [1.54, 1.807) is 0 Å². The minimum absolute atomic E-state index is 0.443. The molecular weight excluding hydrogens is 212 g/mol. The van der Waals surface area contributed by atoms with E-state index in [2.05, 4.69) is 27.7 Å². The van der Waals surface area contributed by atoms with Gasteiger partial charge in [0.2, 0.25) is 0 Å². The maximum Gasteiger partial charge on any atom is 0.0625 e. The van der Waals surface area contributed by atoms with Gasteiger partial charge in [0.1, 0.15) is 0 Å². The monoisotopic (exact) mass is 242 g/mol. The van der Waals surface area contributed by atoms with Crippen molar-refractivity contribution in [3.63, 3.8) is 0 Å². The predicted molar refractivity (Wildman–Crippen MR) is 72.2 cm³/mol. The molecule has 17 heavy (non-hydrogen) atoms. The van der Waals surface area contributed by atoms with Gasteiger partial charge in [0, 0.05) is 19.1 Å². The Morgan fingerprint density at radius 3 is 2.24 bits per heavy atom. The van der Waals surface area contributed by atoms with Crippen LogP contribution >= 0.6 is 0 Å². The van der Waals surface area contributed by atoms with Gasteiger partial charge in [-0.05, 0) is 24.7 Å². The smallest absolute Gasteiger partial charge is 0.0625 e. The average molecular weight is 242 g/mol. The largest absolute Gasteiger partial charge is 0.381 e. The maximum absolute atomic E-state index is 6.03. The van der Waals surface area contributed by atoms with Crippen LogP contribution in [0.15, 0.2) is 0 Å². The first kappa shape index (κ1) is 15.0.